The summed E-state index contributed by atoms with van der Waals surface area (Å²) in [4.78, 5) is 13.7. The Hall–Kier alpha value is -1.52. The second kappa shape index (κ2) is 1.77. The van der Waals surface area contributed by atoms with E-state index in [2.05, 4.69) is 10.3 Å². The van der Waals surface area contributed by atoms with Gasteiger partial charge in [0.25, 0.3) is 0 Å². The number of hydrogen-bond donors (Lipinski definition) is 2. The van der Waals surface area contributed by atoms with E-state index in [1.165, 1.54) is 0 Å². The summed E-state index contributed by atoms with van der Waals surface area (Å²) in [6.45, 7) is 0. The molecule has 0 bridgehead atoms. The molecule has 9 heavy (non-hydrogen) atoms. The lowest BCUT2D eigenvalue weighted by Gasteiger charge is -2.08. The van der Waals surface area contributed by atoms with Crippen molar-refractivity contribution in [3.05, 3.63) is 11.7 Å². The van der Waals surface area contributed by atoms with Gasteiger partial charge in [-0.3, -0.25) is 5.32 Å². The zero-order chi connectivity index (χ0) is 6.85. The lowest BCUT2D eigenvalue weighted by Crippen LogP contribution is -2.24. The number of rotatable bonds is 0. The third-order valence-electron chi connectivity index (χ3n) is 0.722. The molecule has 5 nitrogen and oxygen atoms in total. The van der Waals surface area contributed by atoms with Crippen molar-refractivity contribution in [1.29, 1.82) is 5.41 Å². The summed E-state index contributed by atoms with van der Waals surface area (Å²) in [7, 11) is 0. The standard InChI is InChI=1S/C4H4N4O/c5-2-1-3(9)8-4(6)7-2/h1H,(H3-,5,6,7,8,9). The molecule has 0 saturated heterocycles. The quantitative estimate of drug-likeness (QED) is 0.422. The van der Waals surface area contributed by atoms with Crippen LogP contribution in [0.2, 0.25) is 0 Å². The molecule has 1 rings (SSSR count). The molecule has 1 aliphatic heterocycles. The Morgan fingerprint density at radius 2 is 2.44 bits per heavy atom. The van der Waals surface area contributed by atoms with Gasteiger partial charge in [0.15, 0.2) is 0 Å². The summed E-state index contributed by atoms with van der Waals surface area (Å²) in [6, 6.07) is 0. The predicted octanol–water partition coefficient (Wildman–Crippen LogP) is -0.603. The number of aliphatic imine (C=N–C) groups is 1. The van der Waals surface area contributed by atoms with Gasteiger partial charge in [-0.2, -0.15) is 0 Å². The Labute approximate surface area is 51.5 Å². The van der Waals surface area contributed by atoms with Gasteiger partial charge in [-0.05, 0) is 0 Å². The zero-order valence-corrected chi connectivity index (χ0v) is 4.46. The third kappa shape index (κ3) is 1.18. The van der Waals surface area contributed by atoms with Crippen molar-refractivity contribution in [2.45, 2.75) is 0 Å². The van der Waals surface area contributed by atoms with Crippen LogP contribution in [0.25, 0.3) is 5.32 Å². The minimum atomic E-state index is -0.521. The lowest BCUT2D eigenvalue weighted by molar-refractivity contribution is -0.111. The fourth-order valence-corrected chi connectivity index (χ4v) is 0.443. The molecule has 0 saturated carbocycles. The average Bonchev–Trinajstić information content (AvgIpc) is 1.59. The van der Waals surface area contributed by atoms with Gasteiger partial charge in [-0.25, -0.2) is 4.79 Å². The number of amides is 1. The molecule has 0 unspecified atom stereocenters. The Balaban J connectivity index is 2.79. The van der Waals surface area contributed by atoms with Crippen molar-refractivity contribution in [1.82, 2.24) is 0 Å². The van der Waals surface area contributed by atoms with Gasteiger partial charge in [-0.1, -0.05) is 0 Å². The lowest BCUT2D eigenvalue weighted by atomic mass is 10.3. The second-order valence-corrected chi connectivity index (χ2v) is 1.45. The first kappa shape index (κ1) is 5.61. The topological polar surface area (TPSA) is 93.4 Å². The molecule has 1 heterocycles. The van der Waals surface area contributed by atoms with Crippen LogP contribution in [0.3, 0.4) is 0 Å². The van der Waals surface area contributed by atoms with Crippen molar-refractivity contribution in [2.24, 2.45) is 10.7 Å². The van der Waals surface area contributed by atoms with Crippen LogP contribution in [0.1, 0.15) is 0 Å². The molecule has 0 spiro atoms. The molecule has 0 fully saturated rings. The molecule has 0 aromatic rings. The van der Waals surface area contributed by atoms with Gasteiger partial charge in [0.2, 0.25) is 12.3 Å². The number of carbonyl (C=O) groups excluding carboxylic acids is 1. The zero-order valence-electron chi connectivity index (χ0n) is 4.46. The van der Waals surface area contributed by atoms with Crippen molar-refractivity contribution < 1.29 is 4.79 Å². The summed E-state index contributed by atoms with van der Waals surface area (Å²) in [5, 5.41) is 9.93. The SMILES string of the molecule is N=C1N=C(N)[CH+]C(=O)[N-]1. The minimum absolute atomic E-state index is 0.0417. The predicted molar refractivity (Wildman–Crippen MR) is 32.0 cm³/mol. The summed E-state index contributed by atoms with van der Waals surface area (Å²) in [5.74, 6) is -0.812. The van der Waals surface area contributed by atoms with Crippen LogP contribution in [0.5, 0.6) is 0 Å². The molecule has 0 aromatic heterocycles. The van der Waals surface area contributed by atoms with E-state index in [1.807, 2.05) is 0 Å². The van der Waals surface area contributed by atoms with Gasteiger partial charge in [0, 0.05) is 5.96 Å². The Kier molecular flexibility index (Phi) is 1.11. The monoisotopic (exact) mass is 124 g/mol. The van der Waals surface area contributed by atoms with Gasteiger partial charge < -0.3 is 16.1 Å². The summed E-state index contributed by atoms with van der Waals surface area (Å²) in [5.41, 5.74) is 5.09. The van der Waals surface area contributed by atoms with Gasteiger partial charge in [-0.15, -0.1) is 0 Å². The van der Waals surface area contributed by atoms with Crippen molar-refractivity contribution >= 4 is 17.7 Å². The van der Waals surface area contributed by atoms with E-state index in [9.17, 15) is 4.79 Å². The highest BCUT2D eigenvalue weighted by molar-refractivity contribution is 6.30. The summed E-state index contributed by atoms with van der Waals surface area (Å²) in [6.07, 6.45) is 1.07. The van der Waals surface area contributed by atoms with E-state index in [1.54, 1.807) is 0 Å². The molecule has 0 radical (unpaired) electrons. The van der Waals surface area contributed by atoms with E-state index < -0.39 is 5.91 Å². The summed E-state index contributed by atoms with van der Waals surface area (Å²) < 4.78 is 0. The van der Waals surface area contributed by atoms with Crippen molar-refractivity contribution in [3.8, 4) is 0 Å². The first-order valence-electron chi connectivity index (χ1n) is 2.21. The van der Waals surface area contributed by atoms with Crippen LogP contribution in [0, 0.1) is 11.8 Å². The van der Waals surface area contributed by atoms with Crippen LogP contribution in [0.15, 0.2) is 4.99 Å². The Bertz CT molecular complexity index is 195. The average molecular weight is 124 g/mol. The normalized spacial score (nSPS) is 18.0. The Morgan fingerprint density at radius 3 is 2.89 bits per heavy atom. The second-order valence-electron chi connectivity index (χ2n) is 1.45. The maximum atomic E-state index is 10.4. The highest BCUT2D eigenvalue weighted by atomic mass is 16.1. The summed E-state index contributed by atoms with van der Waals surface area (Å²) >= 11 is 0. The molecule has 1 amide bonds. The maximum Gasteiger partial charge on any atom is 0.370 e. The maximum absolute atomic E-state index is 10.4. The fraction of sp³-hybridized carbons (Fsp3) is 0. The number of nitrogens with one attached hydrogen (secondary N) is 1. The first-order valence-corrected chi connectivity index (χ1v) is 2.21. The number of guanidine groups is 1. The molecule has 1 aliphatic rings. The van der Waals surface area contributed by atoms with Crippen LogP contribution >= 0.6 is 0 Å². The van der Waals surface area contributed by atoms with E-state index in [0.29, 0.717) is 0 Å². The van der Waals surface area contributed by atoms with E-state index in [4.69, 9.17) is 11.1 Å². The van der Waals surface area contributed by atoms with E-state index >= 15 is 0 Å². The number of amidine groups is 1. The smallest absolute Gasteiger partial charge is 0.370 e. The molecular formula is C4H4N4O. The largest absolute Gasteiger partial charge is 0.410 e. The minimum Gasteiger partial charge on any atom is -0.410 e. The van der Waals surface area contributed by atoms with E-state index in [-0.39, 0.29) is 11.8 Å². The van der Waals surface area contributed by atoms with Crippen LogP contribution in [-0.4, -0.2) is 17.7 Å². The van der Waals surface area contributed by atoms with Crippen LogP contribution in [0.4, 0.5) is 0 Å². The molecule has 46 valence electrons. The highest BCUT2D eigenvalue weighted by Gasteiger charge is 2.17. The molecule has 0 aliphatic carbocycles. The van der Waals surface area contributed by atoms with Gasteiger partial charge in [0.1, 0.15) is 0 Å². The number of hydrogen-bond acceptors (Lipinski definition) is 3. The fourth-order valence-electron chi connectivity index (χ4n) is 0.443. The first-order chi connectivity index (χ1) is 4.18. The molecular weight excluding hydrogens is 120 g/mol. The third-order valence-corrected chi connectivity index (χ3v) is 0.722. The van der Waals surface area contributed by atoms with Crippen LogP contribution < -0.4 is 5.73 Å². The number of nitrogens with zero attached hydrogens (tertiary/aromatic N) is 2. The highest BCUT2D eigenvalue weighted by Crippen LogP contribution is 2.02. The Morgan fingerprint density at radius 1 is 1.78 bits per heavy atom. The number of carbonyl (C=O) groups is 1. The number of nitrogens with two attached hydrogens (primary N) is 1. The van der Waals surface area contributed by atoms with Crippen LogP contribution in [-0.2, 0) is 4.79 Å². The molecule has 0 atom stereocenters. The van der Waals surface area contributed by atoms with Crippen molar-refractivity contribution in [2.75, 3.05) is 0 Å². The van der Waals surface area contributed by atoms with Crippen molar-refractivity contribution in [3.63, 3.8) is 0 Å². The van der Waals surface area contributed by atoms with Gasteiger partial charge in [0.05, 0.1) is 0 Å². The molecule has 3 N–H and O–H groups in total. The van der Waals surface area contributed by atoms with E-state index in [0.717, 1.165) is 6.42 Å². The molecule has 5 heteroatoms. The molecule has 0 aromatic carbocycles. The van der Waals surface area contributed by atoms with Gasteiger partial charge >= 0.3 is 5.91 Å².